The molecule has 0 aromatic carbocycles. The predicted molar refractivity (Wildman–Crippen MR) is 80.2 cm³/mol. The minimum Gasteiger partial charge on any atom is -0.322 e. The summed E-state index contributed by atoms with van der Waals surface area (Å²) in [5.74, 6) is 0. The monoisotopic (exact) mass is 342 g/mol. The van der Waals surface area contributed by atoms with Gasteiger partial charge >= 0.3 is 0 Å². The van der Waals surface area contributed by atoms with Crippen molar-refractivity contribution in [3.8, 4) is 0 Å². The van der Waals surface area contributed by atoms with Gasteiger partial charge in [0.15, 0.2) is 0 Å². The first-order valence-electron chi connectivity index (χ1n) is 6.12. The number of aryl methyl sites for hydroxylation is 2. The summed E-state index contributed by atoms with van der Waals surface area (Å²) >= 11 is 9.70. The summed E-state index contributed by atoms with van der Waals surface area (Å²) in [5, 5.41) is 5.06. The quantitative estimate of drug-likeness (QED) is 0.927. The molecule has 0 aliphatic carbocycles. The second-order valence-corrected chi connectivity index (χ2v) is 5.54. The van der Waals surface area contributed by atoms with Crippen LogP contribution in [0.15, 0.2) is 22.8 Å². The zero-order valence-electron chi connectivity index (χ0n) is 10.9. The van der Waals surface area contributed by atoms with E-state index in [1.165, 1.54) is 0 Å². The molecule has 2 rings (SSSR count). The molecule has 0 aliphatic rings. The predicted octanol–water partition coefficient (Wildman–Crippen LogP) is 3.26. The molecule has 19 heavy (non-hydrogen) atoms. The van der Waals surface area contributed by atoms with E-state index in [0.717, 1.165) is 28.1 Å². The Bertz CT molecular complexity index is 582. The summed E-state index contributed by atoms with van der Waals surface area (Å²) in [6.45, 7) is 4.84. The third-order valence-electron chi connectivity index (χ3n) is 3.00. The van der Waals surface area contributed by atoms with E-state index in [1.54, 1.807) is 18.3 Å². The van der Waals surface area contributed by atoms with Gasteiger partial charge in [0.1, 0.15) is 0 Å². The summed E-state index contributed by atoms with van der Waals surface area (Å²) in [5.41, 5.74) is 8.99. The van der Waals surface area contributed by atoms with Crippen LogP contribution in [-0.4, -0.2) is 14.8 Å². The van der Waals surface area contributed by atoms with Crippen LogP contribution in [0, 0.1) is 6.92 Å². The third-order valence-corrected chi connectivity index (χ3v) is 4.36. The van der Waals surface area contributed by atoms with Crippen molar-refractivity contribution in [1.82, 2.24) is 14.8 Å². The number of nitrogens with two attached hydrogens (primary N) is 1. The fourth-order valence-electron chi connectivity index (χ4n) is 2.04. The molecule has 2 aromatic heterocycles. The highest BCUT2D eigenvalue weighted by atomic mass is 79.9. The highest BCUT2D eigenvalue weighted by molar-refractivity contribution is 9.10. The van der Waals surface area contributed by atoms with Crippen molar-refractivity contribution in [3.63, 3.8) is 0 Å². The molecular formula is C13H16BrClN4. The van der Waals surface area contributed by atoms with Crippen molar-refractivity contribution in [2.24, 2.45) is 5.73 Å². The number of hydrogen-bond donors (Lipinski definition) is 1. The smallest absolute Gasteiger partial charge is 0.0760 e. The number of pyridine rings is 1. The first-order valence-corrected chi connectivity index (χ1v) is 7.29. The summed E-state index contributed by atoms with van der Waals surface area (Å²) in [6.07, 6.45) is 2.35. The molecule has 0 radical (unpaired) electrons. The van der Waals surface area contributed by atoms with E-state index in [9.17, 15) is 0 Å². The van der Waals surface area contributed by atoms with E-state index in [0.29, 0.717) is 11.4 Å². The molecule has 2 heterocycles. The maximum atomic E-state index is 6.22. The normalized spacial score (nSPS) is 12.7. The molecule has 1 atom stereocenters. The van der Waals surface area contributed by atoms with Crippen LogP contribution in [0.5, 0.6) is 0 Å². The molecule has 0 bridgehead atoms. The van der Waals surface area contributed by atoms with Gasteiger partial charge in [0.05, 0.1) is 32.6 Å². The maximum absolute atomic E-state index is 6.22. The highest BCUT2D eigenvalue weighted by Crippen LogP contribution is 2.27. The number of rotatable bonds is 4. The van der Waals surface area contributed by atoms with Crippen LogP contribution >= 0.6 is 27.5 Å². The molecule has 102 valence electrons. The molecule has 4 nitrogen and oxygen atoms in total. The number of aromatic nitrogens is 3. The number of nitrogens with zero attached hydrogens (tertiary/aromatic N) is 3. The van der Waals surface area contributed by atoms with E-state index in [2.05, 4.69) is 32.9 Å². The Kier molecular flexibility index (Phi) is 4.60. The Balaban J connectivity index is 2.29. The fourth-order valence-corrected chi connectivity index (χ4v) is 2.75. The molecule has 1 unspecified atom stereocenters. The van der Waals surface area contributed by atoms with Crippen LogP contribution in [0.4, 0.5) is 0 Å². The second-order valence-electron chi connectivity index (χ2n) is 4.34. The van der Waals surface area contributed by atoms with Crippen molar-refractivity contribution in [1.29, 1.82) is 0 Å². The summed E-state index contributed by atoms with van der Waals surface area (Å²) in [4.78, 5) is 4.26. The maximum Gasteiger partial charge on any atom is 0.0760 e. The minimum atomic E-state index is -0.244. The number of hydrogen-bond acceptors (Lipinski definition) is 3. The molecule has 0 saturated heterocycles. The third kappa shape index (κ3) is 2.99. The van der Waals surface area contributed by atoms with Gasteiger partial charge in [-0.15, -0.1) is 0 Å². The Morgan fingerprint density at radius 3 is 2.89 bits per heavy atom. The number of halogens is 2. The van der Waals surface area contributed by atoms with Crippen LogP contribution in [0.25, 0.3) is 0 Å². The molecule has 2 N–H and O–H groups in total. The van der Waals surface area contributed by atoms with Gasteiger partial charge in [-0.3, -0.25) is 9.67 Å². The van der Waals surface area contributed by atoms with Crippen molar-refractivity contribution in [2.75, 3.05) is 0 Å². The van der Waals surface area contributed by atoms with E-state index in [1.807, 2.05) is 11.6 Å². The van der Waals surface area contributed by atoms with Crippen LogP contribution in [0.1, 0.15) is 30.0 Å². The zero-order chi connectivity index (χ0) is 14.0. The standard InChI is InChI=1S/C13H16BrClN4/c1-3-19-11(12(14)8(2)18-19)7-10(16)13-9(15)5-4-6-17-13/h4-6,10H,3,7,16H2,1-2H3. The van der Waals surface area contributed by atoms with Crippen molar-refractivity contribution in [2.45, 2.75) is 32.9 Å². The zero-order valence-corrected chi connectivity index (χ0v) is 13.2. The van der Waals surface area contributed by atoms with Crippen LogP contribution < -0.4 is 5.73 Å². The van der Waals surface area contributed by atoms with Crippen LogP contribution in [-0.2, 0) is 13.0 Å². The first-order chi connectivity index (χ1) is 9.04. The Morgan fingerprint density at radius 2 is 2.26 bits per heavy atom. The average Bonchev–Trinajstić information content (AvgIpc) is 2.67. The SMILES string of the molecule is CCn1nc(C)c(Br)c1CC(N)c1ncccc1Cl. The molecule has 0 aliphatic heterocycles. The fraction of sp³-hybridized carbons (Fsp3) is 0.385. The lowest BCUT2D eigenvalue weighted by atomic mass is 10.1. The molecule has 2 aromatic rings. The lowest BCUT2D eigenvalue weighted by molar-refractivity contribution is 0.581. The minimum absolute atomic E-state index is 0.244. The van der Waals surface area contributed by atoms with Gasteiger partial charge in [-0.05, 0) is 41.9 Å². The molecule has 0 spiro atoms. The van der Waals surface area contributed by atoms with Crippen molar-refractivity contribution >= 4 is 27.5 Å². The van der Waals surface area contributed by atoms with Gasteiger partial charge in [-0.25, -0.2) is 0 Å². The van der Waals surface area contributed by atoms with E-state index < -0.39 is 0 Å². The van der Waals surface area contributed by atoms with Gasteiger partial charge in [-0.2, -0.15) is 5.10 Å². The Hall–Kier alpha value is -0.910. The van der Waals surface area contributed by atoms with E-state index in [-0.39, 0.29) is 6.04 Å². The van der Waals surface area contributed by atoms with Crippen molar-refractivity contribution < 1.29 is 0 Å². The molecule has 0 saturated carbocycles. The molecular weight excluding hydrogens is 328 g/mol. The highest BCUT2D eigenvalue weighted by Gasteiger charge is 2.18. The molecule has 0 amide bonds. The van der Waals surface area contributed by atoms with Gasteiger partial charge in [0.25, 0.3) is 0 Å². The summed E-state index contributed by atoms with van der Waals surface area (Å²) < 4.78 is 2.97. The largest absolute Gasteiger partial charge is 0.322 e. The van der Waals surface area contributed by atoms with E-state index in [4.69, 9.17) is 17.3 Å². The van der Waals surface area contributed by atoms with Gasteiger partial charge < -0.3 is 5.73 Å². The van der Waals surface area contributed by atoms with Crippen LogP contribution in [0.3, 0.4) is 0 Å². The molecule has 0 fully saturated rings. The first kappa shape index (κ1) is 14.5. The van der Waals surface area contributed by atoms with Gasteiger partial charge in [0, 0.05) is 19.2 Å². The Labute approximate surface area is 126 Å². The van der Waals surface area contributed by atoms with Gasteiger partial charge in [-0.1, -0.05) is 11.6 Å². The van der Waals surface area contributed by atoms with Gasteiger partial charge in [0.2, 0.25) is 0 Å². The average molecular weight is 344 g/mol. The molecule has 6 heteroatoms. The van der Waals surface area contributed by atoms with Crippen LogP contribution in [0.2, 0.25) is 5.02 Å². The summed E-state index contributed by atoms with van der Waals surface area (Å²) in [7, 11) is 0. The van der Waals surface area contributed by atoms with E-state index >= 15 is 0 Å². The topological polar surface area (TPSA) is 56.7 Å². The van der Waals surface area contributed by atoms with Crippen molar-refractivity contribution in [3.05, 3.63) is 44.9 Å². The second kappa shape index (κ2) is 6.03. The Morgan fingerprint density at radius 1 is 1.53 bits per heavy atom. The lowest BCUT2D eigenvalue weighted by Gasteiger charge is -2.13. The summed E-state index contributed by atoms with van der Waals surface area (Å²) in [6, 6.07) is 3.36. The lowest BCUT2D eigenvalue weighted by Crippen LogP contribution is -2.18.